The van der Waals surface area contributed by atoms with Crippen LogP contribution in [0.5, 0.6) is 0 Å². The van der Waals surface area contributed by atoms with E-state index in [-0.39, 0.29) is 18.6 Å². The van der Waals surface area contributed by atoms with E-state index in [1.54, 1.807) is 0 Å². The number of aliphatic hydroxyl groups is 1. The lowest BCUT2D eigenvalue weighted by molar-refractivity contribution is -0.138. The number of β-amino-alcohol motifs (C(OH)–C–C–N with tert-alkyl or cyclic N) is 1. The molecule has 0 aromatic heterocycles. The van der Waals surface area contributed by atoms with Crippen molar-refractivity contribution in [1.82, 2.24) is 9.80 Å². The Hall–Kier alpha value is -0.650. The number of hydrogen-bond acceptors (Lipinski definition) is 4. The lowest BCUT2D eigenvalue weighted by atomic mass is 10.2. The first kappa shape index (κ1) is 14.8. The van der Waals surface area contributed by atoms with Crippen LogP contribution in [0.2, 0.25) is 0 Å². The average Bonchev–Trinajstić information content (AvgIpc) is 3.23. The normalized spacial score (nSPS) is 22.5. The zero-order valence-electron chi connectivity index (χ0n) is 11.9. The molecule has 2 fully saturated rings. The molecule has 1 saturated heterocycles. The van der Waals surface area contributed by atoms with Gasteiger partial charge in [0.15, 0.2) is 0 Å². The number of ether oxygens (including phenoxy) is 1. The zero-order chi connectivity index (χ0) is 13.7. The summed E-state index contributed by atoms with van der Waals surface area (Å²) >= 11 is 0. The van der Waals surface area contributed by atoms with Crippen molar-refractivity contribution < 1.29 is 14.6 Å². The van der Waals surface area contributed by atoms with E-state index in [0.717, 1.165) is 45.8 Å². The Balaban J connectivity index is 1.59. The number of carbonyl (C=O) groups excluding carboxylic acids is 1. The number of hydrogen-bond donors (Lipinski definition) is 1. The molecular weight excluding hydrogens is 244 g/mol. The maximum atomic E-state index is 11.9. The lowest BCUT2D eigenvalue weighted by Gasteiger charge is -2.35. The molecule has 110 valence electrons. The summed E-state index contributed by atoms with van der Waals surface area (Å²) in [5, 5.41) is 9.62. The van der Waals surface area contributed by atoms with Gasteiger partial charge < -0.3 is 14.7 Å². The molecular formula is C14H26N2O3. The van der Waals surface area contributed by atoms with E-state index in [1.165, 1.54) is 12.8 Å². The summed E-state index contributed by atoms with van der Waals surface area (Å²) in [5.74, 6) is 0.816. The summed E-state index contributed by atoms with van der Waals surface area (Å²) in [4.78, 5) is 16.0. The average molecular weight is 270 g/mol. The van der Waals surface area contributed by atoms with Crippen LogP contribution in [-0.2, 0) is 9.53 Å². The molecule has 5 heteroatoms. The Morgan fingerprint density at radius 3 is 2.58 bits per heavy atom. The lowest BCUT2D eigenvalue weighted by Crippen LogP contribution is -2.51. The van der Waals surface area contributed by atoms with Crippen LogP contribution >= 0.6 is 0 Å². The number of carbonyl (C=O) groups is 1. The molecule has 0 spiro atoms. The van der Waals surface area contributed by atoms with Gasteiger partial charge in [0.1, 0.15) is 6.61 Å². The molecule has 1 atom stereocenters. The first-order chi connectivity index (χ1) is 9.19. The van der Waals surface area contributed by atoms with Crippen molar-refractivity contribution in [2.45, 2.75) is 32.3 Å². The van der Waals surface area contributed by atoms with Crippen molar-refractivity contribution in [2.24, 2.45) is 5.92 Å². The smallest absolute Gasteiger partial charge is 0.248 e. The highest BCUT2D eigenvalue weighted by molar-refractivity contribution is 5.77. The Morgan fingerprint density at radius 2 is 2.00 bits per heavy atom. The Kier molecular flexibility index (Phi) is 5.60. The Labute approximate surface area is 115 Å². The van der Waals surface area contributed by atoms with Crippen molar-refractivity contribution in [3.63, 3.8) is 0 Å². The zero-order valence-corrected chi connectivity index (χ0v) is 11.9. The number of piperazine rings is 1. The van der Waals surface area contributed by atoms with Crippen LogP contribution in [0.4, 0.5) is 0 Å². The van der Waals surface area contributed by atoms with E-state index in [2.05, 4.69) is 4.90 Å². The molecule has 19 heavy (non-hydrogen) atoms. The Morgan fingerprint density at radius 1 is 1.32 bits per heavy atom. The fourth-order valence-corrected chi connectivity index (χ4v) is 2.30. The molecule has 2 rings (SSSR count). The van der Waals surface area contributed by atoms with E-state index in [0.29, 0.717) is 5.92 Å². The van der Waals surface area contributed by atoms with Gasteiger partial charge in [0.05, 0.1) is 12.7 Å². The van der Waals surface area contributed by atoms with E-state index >= 15 is 0 Å². The number of aliphatic hydroxyl groups excluding tert-OH is 1. The summed E-state index contributed by atoms with van der Waals surface area (Å²) in [6.07, 6.45) is 3.05. The molecule has 1 heterocycles. The second-order valence-corrected chi connectivity index (χ2v) is 5.70. The summed E-state index contributed by atoms with van der Waals surface area (Å²) in [7, 11) is 0. The van der Waals surface area contributed by atoms with Crippen LogP contribution in [-0.4, -0.2) is 72.9 Å². The molecule has 1 saturated carbocycles. The minimum atomic E-state index is -0.246. The Bertz CT molecular complexity index is 286. The topological polar surface area (TPSA) is 53.0 Å². The van der Waals surface area contributed by atoms with Crippen LogP contribution in [0.15, 0.2) is 0 Å². The molecule has 2 aliphatic rings. The van der Waals surface area contributed by atoms with Crippen LogP contribution in [0.1, 0.15) is 26.2 Å². The van der Waals surface area contributed by atoms with Gasteiger partial charge in [-0.3, -0.25) is 9.69 Å². The van der Waals surface area contributed by atoms with Crippen LogP contribution in [0.3, 0.4) is 0 Å². The van der Waals surface area contributed by atoms with Gasteiger partial charge in [0.25, 0.3) is 0 Å². The molecule has 1 N–H and O–H groups in total. The maximum Gasteiger partial charge on any atom is 0.248 e. The van der Waals surface area contributed by atoms with E-state index in [9.17, 15) is 9.90 Å². The van der Waals surface area contributed by atoms with Gasteiger partial charge in [0, 0.05) is 32.7 Å². The monoisotopic (exact) mass is 270 g/mol. The van der Waals surface area contributed by atoms with E-state index < -0.39 is 0 Å². The quantitative estimate of drug-likeness (QED) is 0.724. The van der Waals surface area contributed by atoms with Crippen LogP contribution in [0, 0.1) is 5.92 Å². The molecule has 1 aliphatic heterocycles. The fraction of sp³-hybridized carbons (Fsp3) is 0.929. The third-order valence-electron chi connectivity index (χ3n) is 3.94. The van der Waals surface area contributed by atoms with Crippen molar-refractivity contribution in [3.8, 4) is 0 Å². The number of rotatable bonds is 7. The second kappa shape index (κ2) is 7.22. The van der Waals surface area contributed by atoms with Crippen molar-refractivity contribution >= 4 is 5.91 Å². The minimum absolute atomic E-state index is 0.108. The molecule has 1 amide bonds. The van der Waals surface area contributed by atoms with Gasteiger partial charge in [0.2, 0.25) is 5.91 Å². The van der Waals surface area contributed by atoms with E-state index in [4.69, 9.17) is 4.74 Å². The standard InChI is InChI=1S/C14H26N2O3/c1-2-13(17)9-15-5-7-16(8-6-15)14(18)11-19-10-12-3-4-12/h12-13,17H,2-11H2,1H3/t13-/m0/s1. The number of amides is 1. The molecule has 1 aliphatic carbocycles. The predicted octanol–water partition coefficient (Wildman–Crippen LogP) is 0.328. The van der Waals surface area contributed by atoms with Crippen LogP contribution < -0.4 is 0 Å². The van der Waals surface area contributed by atoms with Gasteiger partial charge in [-0.05, 0) is 25.2 Å². The first-order valence-corrected chi connectivity index (χ1v) is 7.45. The third kappa shape index (κ3) is 5.09. The maximum absolute atomic E-state index is 11.9. The molecule has 0 aromatic carbocycles. The van der Waals surface area contributed by atoms with Gasteiger partial charge in [-0.25, -0.2) is 0 Å². The summed E-state index contributed by atoms with van der Waals surface area (Å²) in [6.45, 7) is 6.89. The highest BCUT2D eigenvalue weighted by atomic mass is 16.5. The van der Waals surface area contributed by atoms with Gasteiger partial charge in [-0.1, -0.05) is 6.92 Å². The third-order valence-corrected chi connectivity index (χ3v) is 3.94. The highest BCUT2D eigenvalue weighted by Gasteiger charge is 2.24. The van der Waals surface area contributed by atoms with Crippen LogP contribution in [0.25, 0.3) is 0 Å². The SMILES string of the molecule is CC[C@H](O)CN1CCN(C(=O)COCC2CC2)CC1. The summed E-state index contributed by atoms with van der Waals surface area (Å²) < 4.78 is 5.44. The minimum Gasteiger partial charge on any atom is -0.392 e. The van der Waals surface area contributed by atoms with Gasteiger partial charge >= 0.3 is 0 Å². The summed E-state index contributed by atoms with van der Waals surface area (Å²) in [6, 6.07) is 0. The first-order valence-electron chi connectivity index (χ1n) is 7.45. The molecule has 0 radical (unpaired) electrons. The second-order valence-electron chi connectivity index (χ2n) is 5.70. The molecule has 0 unspecified atom stereocenters. The summed E-state index contributed by atoms with van der Waals surface area (Å²) in [5.41, 5.74) is 0. The highest BCUT2D eigenvalue weighted by Crippen LogP contribution is 2.28. The molecule has 5 nitrogen and oxygen atoms in total. The van der Waals surface area contributed by atoms with Crippen molar-refractivity contribution in [1.29, 1.82) is 0 Å². The fourth-order valence-electron chi connectivity index (χ4n) is 2.30. The molecule has 0 bridgehead atoms. The number of nitrogens with zero attached hydrogens (tertiary/aromatic N) is 2. The van der Waals surface area contributed by atoms with Gasteiger partial charge in [-0.2, -0.15) is 0 Å². The van der Waals surface area contributed by atoms with Gasteiger partial charge in [-0.15, -0.1) is 0 Å². The van der Waals surface area contributed by atoms with Crippen molar-refractivity contribution in [2.75, 3.05) is 45.9 Å². The predicted molar refractivity (Wildman–Crippen MR) is 72.9 cm³/mol. The van der Waals surface area contributed by atoms with E-state index in [1.807, 2.05) is 11.8 Å². The van der Waals surface area contributed by atoms with Crippen molar-refractivity contribution in [3.05, 3.63) is 0 Å². The largest absolute Gasteiger partial charge is 0.392 e. The molecule has 0 aromatic rings.